The molecule has 0 amide bonds. The molecule has 0 aliphatic rings. The molecule has 0 heterocycles. The second-order valence-electron chi connectivity index (χ2n) is 6.06. The Hall–Kier alpha value is -1.49. The molecule has 0 saturated heterocycles. The first kappa shape index (κ1) is 14.6. The van der Waals surface area contributed by atoms with Crippen LogP contribution in [0.25, 0.3) is 0 Å². The fourth-order valence-electron chi connectivity index (χ4n) is 2.02. The molecular weight excluding hydrogens is 222 g/mol. The molecule has 1 aromatic carbocycles. The summed E-state index contributed by atoms with van der Waals surface area (Å²) in [5, 5.41) is 9.36. The average molecular weight is 245 g/mol. The van der Waals surface area contributed by atoms with Crippen LogP contribution in [0.5, 0.6) is 5.75 Å². The lowest BCUT2D eigenvalue weighted by Crippen LogP contribution is -2.13. The fourth-order valence-corrected chi connectivity index (χ4v) is 2.02. The van der Waals surface area contributed by atoms with Gasteiger partial charge in [-0.05, 0) is 23.0 Å². The summed E-state index contributed by atoms with van der Waals surface area (Å²) in [6, 6.07) is 8.56. The standard InChI is InChI=1S/C16H23NO/c1-11(2)14(10-17)13-9-12(16(3,4)5)7-8-15(13)18-6/h7-9,11,14H,1-6H3. The van der Waals surface area contributed by atoms with Crippen molar-refractivity contribution in [1.82, 2.24) is 0 Å². The van der Waals surface area contributed by atoms with Crippen LogP contribution in [0, 0.1) is 17.2 Å². The summed E-state index contributed by atoms with van der Waals surface area (Å²) in [7, 11) is 1.66. The molecule has 2 nitrogen and oxygen atoms in total. The maximum Gasteiger partial charge on any atom is 0.123 e. The van der Waals surface area contributed by atoms with E-state index < -0.39 is 0 Å². The lowest BCUT2D eigenvalue weighted by atomic mass is 9.82. The van der Waals surface area contributed by atoms with E-state index in [4.69, 9.17) is 4.74 Å². The van der Waals surface area contributed by atoms with Crippen LogP contribution >= 0.6 is 0 Å². The minimum Gasteiger partial charge on any atom is -0.496 e. The molecule has 1 aromatic rings. The summed E-state index contributed by atoms with van der Waals surface area (Å²) in [5.41, 5.74) is 2.32. The number of hydrogen-bond donors (Lipinski definition) is 0. The van der Waals surface area contributed by atoms with Gasteiger partial charge in [-0.1, -0.05) is 46.8 Å². The van der Waals surface area contributed by atoms with Gasteiger partial charge in [0.15, 0.2) is 0 Å². The van der Waals surface area contributed by atoms with Crippen molar-refractivity contribution < 1.29 is 4.74 Å². The highest BCUT2D eigenvalue weighted by molar-refractivity contribution is 5.44. The normalized spacial score (nSPS) is 13.2. The van der Waals surface area contributed by atoms with Crippen molar-refractivity contribution in [2.45, 2.75) is 46.0 Å². The van der Waals surface area contributed by atoms with Crippen molar-refractivity contribution in [2.24, 2.45) is 5.92 Å². The Labute approximate surface area is 111 Å². The van der Waals surface area contributed by atoms with E-state index in [0.29, 0.717) is 0 Å². The van der Waals surface area contributed by atoms with Gasteiger partial charge < -0.3 is 4.74 Å². The number of rotatable bonds is 3. The van der Waals surface area contributed by atoms with E-state index in [1.165, 1.54) is 5.56 Å². The van der Waals surface area contributed by atoms with Crippen LogP contribution in [-0.4, -0.2) is 7.11 Å². The Kier molecular flexibility index (Phi) is 4.40. The van der Waals surface area contributed by atoms with Crippen LogP contribution in [-0.2, 0) is 5.41 Å². The van der Waals surface area contributed by atoms with Crippen LogP contribution in [0.1, 0.15) is 51.7 Å². The zero-order chi connectivity index (χ0) is 13.9. The molecule has 1 atom stereocenters. The van der Waals surface area contributed by atoms with Crippen molar-refractivity contribution in [1.29, 1.82) is 5.26 Å². The predicted molar refractivity (Wildman–Crippen MR) is 74.9 cm³/mol. The number of ether oxygens (including phenoxy) is 1. The Bertz CT molecular complexity index is 449. The molecule has 0 fully saturated rings. The molecule has 0 radical (unpaired) electrons. The lowest BCUT2D eigenvalue weighted by molar-refractivity contribution is 0.402. The Morgan fingerprint density at radius 3 is 2.22 bits per heavy atom. The van der Waals surface area contributed by atoms with Crippen LogP contribution in [0.2, 0.25) is 0 Å². The smallest absolute Gasteiger partial charge is 0.123 e. The number of nitriles is 1. The molecule has 1 rings (SSSR count). The van der Waals surface area contributed by atoms with E-state index in [9.17, 15) is 5.26 Å². The SMILES string of the molecule is COc1ccc(C(C)(C)C)cc1C(C#N)C(C)C. The highest BCUT2D eigenvalue weighted by Crippen LogP contribution is 2.35. The maximum atomic E-state index is 9.36. The molecule has 0 saturated carbocycles. The van der Waals surface area contributed by atoms with Crippen molar-refractivity contribution in [2.75, 3.05) is 7.11 Å². The summed E-state index contributed by atoms with van der Waals surface area (Å²) in [6.45, 7) is 10.7. The summed E-state index contributed by atoms with van der Waals surface area (Å²) in [5.74, 6) is 0.963. The molecule has 18 heavy (non-hydrogen) atoms. The third kappa shape index (κ3) is 3.04. The molecule has 0 bridgehead atoms. The van der Waals surface area contributed by atoms with Gasteiger partial charge in [-0.2, -0.15) is 5.26 Å². The first-order valence-electron chi connectivity index (χ1n) is 6.39. The Balaban J connectivity index is 3.35. The van der Waals surface area contributed by atoms with Crippen molar-refractivity contribution in [3.63, 3.8) is 0 Å². The highest BCUT2D eigenvalue weighted by Gasteiger charge is 2.22. The van der Waals surface area contributed by atoms with Gasteiger partial charge >= 0.3 is 0 Å². The van der Waals surface area contributed by atoms with E-state index >= 15 is 0 Å². The van der Waals surface area contributed by atoms with Crippen molar-refractivity contribution >= 4 is 0 Å². The first-order valence-corrected chi connectivity index (χ1v) is 6.39. The van der Waals surface area contributed by atoms with Gasteiger partial charge in [0.05, 0.1) is 19.1 Å². The second-order valence-corrected chi connectivity index (χ2v) is 6.06. The van der Waals surface area contributed by atoms with E-state index in [1.54, 1.807) is 7.11 Å². The zero-order valence-corrected chi connectivity index (χ0v) is 12.2. The molecular formula is C16H23NO. The van der Waals surface area contributed by atoms with Gasteiger partial charge in [0.2, 0.25) is 0 Å². The number of methoxy groups -OCH3 is 1. The molecule has 98 valence electrons. The van der Waals surface area contributed by atoms with Gasteiger partial charge in [-0.15, -0.1) is 0 Å². The summed E-state index contributed by atoms with van der Waals surface area (Å²) in [4.78, 5) is 0. The summed E-state index contributed by atoms with van der Waals surface area (Å²) in [6.07, 6.45) is 0. The minimum absolute atomic E-state index is 0.0814. The zero-order valence-electron chi connectivity index (χ0n) is 12.2. The third-order valence-corrected chi connectivity index (χ3v) is 3.24. The van der Waals surface area contributed by atoms with E-state index in [2.05, 4.69) is 52.8 Å². The van der Waals surface area contributed by atoms with Crippen LogP contribution in [0.15, 0.2) is 18.2 Å². The number of nitrogens with zero attached hydrogens (tertiary/aromatic N) is 1. The lowest BCUT2D eigenvalue weighted by Gasteiger charge is -2.23. The minimum atomic E-state index is -0.123. The number of hydrogen-bond acceptors (Lipinski definition) is 2. The van der Waals surface area contributed by atoms with Gasteiger partial charge in [-0.3, -0.25) is 0 Å². The van der Waals surface area contributed by atoms with Crippen LogP contribution in [0.3, 0.4) is 0 Å². The second kappa shape index (κ2) is 5.44. The molecule has 1 unspecified atom stereocenters. The molecule has 2 heteroatoms. The topological polar surface area (TPSA) is 33.0 Å². The van der Waals surface area contributed by atoms with Crippen LogP contribution in [0.4, 0.5) is 0 Å². The first-order chi connectivity index (χ1) is 8.31. The summed E-state index contributed by atoms with van der Waals surface area (Å²) >= 11 is 0. The summed E-state index contributed by atoms with van der Waals surface area (Å²) < 4.78 is 5.39. The highest BCUT2D eigenvalue weighted by atomic mass is 16.5. The molecule has 0 N–H and O–H groups in total. The fraction of sp³-hybridized carbons (Fsp3) is 0.562. The monoisotopic (exact) mass is 245 g/mol. The van der Waals surface area contributed by atoms with E-state index in [-0.39, 0.29) is 17.3 Å². The Morgan fingerprint density at radius 1 is 1.22 bits per heavy atom. The van der Waals surface area contributed by atoms with Gasteiger partial charge in [-0.25, -0.2) is 0 Å². The number of benzene rings is 1. The molecule has 0 aliphatic carbocycles. The molecule has 0 aliphatic heterocycles. The van der Waals surface area contributed by atoms with Crippen molar-refractivity contribution in [3.05, 3.63) is 29.3 Å². The van der Waals surface area contributed by atoms with Crippen molar-refractivity contribution in [3.8, 4) is 11.8 Å². The Morgan fingerprint density at radius 2 is 1.83 bits per heavy atom. The average Bonchev–Trinajstić information content (AvgIpc) is 2.28. The molecule has 0 aromatic heterocycles. The largest absolute Gasteiger partial charge is 0.496 e. The third-order valence-electron chi connectivity index (χ3n) is 3.24. The van der Waals surface area contributed by atoms with Crippen LogP contribution < -0.4 is 4.74 Å². The van der Waals surface area contributed by atoms with E-state index in [0.717, 1.165) is 11.3 Å². The maximum absolute atomic E-state index is 9.36. The molecule has 0 spiro atoms. The predicted octanol–water partition coefficient (Wildman–Crippen LogP) is 4.26. The quantitative estimate of drug-likeness (QED) is 0.797. The van der Waals surface area contributed by atoms with Gasteiger partial charge in [0.25, 0.3) is 0 Å². The van der Waals surface area contributed by atoms with E-state index in [1.807, 2.05) is 6.07 Å². The van der Waals surface area contributed by atoms with Gasteiger partial charge in [0, 0.05) is 5.56 Å². The van der Waals surface area contributed by atoms with Gasteiger partial charge in [0.1, 0.15) is 5.75 Å².